The number of fused-ring (bicyclic) bond motifs is 1. The first kappa shape index (κ1) is 17.0. The zero-order chi connectivity index (χ0) is 17.8. The van der Waals surface area contributed by atoms with Gasteiger partial charge in [-0.25, -0.2) is 9.97 Å². The molecule has 7 heteroatoms. The number of aromatic hydroxyl groups is 1. The van der Waals surface area contributed by atoms with E-state index < -0.39 is 0 Å². The molecule has 0 amide bonds. The maximum Gasteiger partial charge on any atom is 0.183 e. The average molecular weight is 353 g/mol. The first-order valence-electron chi connectivity index (χ1n) is 8.04. The quantitative estimate of drug-likeness (QED) is 0.575. The van der Waals surface area contributed by atoms with Crippen LogP contribution in [0.5, 0.6) is 5.75 Å². The summed E-state index contributed by atoms with van der Waals surface area (Å²) in [7, 11) is 0. The predicted octanol–water partition coefficient (Wildman–Crippen LogP) is 4.21. The van der Waals surface area contributed by atoms with Crippen molar-refractivity contribution in [1.82, 2.24) is 9.97 Å². The van der Waals surface area contributed by atoms with Gasteiger partial charge in [0.05, 0.1) is 23.7 Å². The third-order valence-corrected chi connectivity index (χ3v) is 4.31. The summed E-state index contributed by atoms with van der Waals surface area (Å²) in [6.45, 7) is 4.69. The maximum absolute atomic E-state index is 10.3. The summed E-state index contributed by atoms with van der Waals surface area (Å²) in [4.78, 5) is 9.17. The Bertz CT molecular complexity index is 929. The van der Waals surface area contributed by atoms with Crippen molar-refractivity contribution in [3.05, 3.63) is 29.6 Å². The van der Waals surface area contributed by atoms with Gasteiger partial charge in [0.2, 0.25) is 0 Å². The maximum atomic E-state index is 10.3. The summed E-state index contributed by atoms with van der Waals surface area (Å²) in [5.74, 6) is 0.176. The highest BCUT2D eigenvalue weighted by Crippen LogP contribution is 2.32. The third-order valence-electron chi connectivity index (χ3n) is 3.53. The Balaban J connectivity index is 1.93. The number of nitrogens with zero attached hydrogens (tertiary/aromatic N) is 3. The van der Waals surface area contributed by atoms with E-state index in [0.717, 1.165) is 16.5 Å². The van der Waals surface area contributed by atoms with Gasteiger partial charge in [0.15, 0.2) is 5.13 Å². The van der Waals surface area contributed by atoms with Gasteiger partial charge in [-0.15, -0.1) is 11.3 Å². The fraction of sp³-hybridized carbons (Fsp3) is 0.278. The van der Waals surface area contributed by atoms with Crippen molar-refractivity contribution in [2.45, 2.75) is 26.3 Å². The van der Waals surface area contributed by atoms with Gasteiger partial charge < -0.3 is 15.7 Å². The van der Waals surface area contributed by atoms with Crippen LogP contribution in [0.15, 0.2) is 29.6 Å². The average Bonchev–Trinajstić information content (AvgIpc) is 3.02. The molecule has 0 aliphatic carbocycles. The zero-order valence-corrected chi connectivity index (χ0v) is 14.9. The van der Waals surface area contributed by atoms with E-state index >= 15 is 0 Å². The normalized spacial score (nSPS) is 10.8. The van der Waals surface area contributed by atoms with Gasteiger partial charge in [-0.3, -0.25) is 0 Å². The summed E-state index contributed by atoms with van der Waals surface area (Å²) in [6, 6.07) is 9.60. The van der Waals surface area contributed by atoms with Crippen LogP contribution in [0, 0.1) is 11.3 Å². The molecule has 128 valence electrons. The second kappa shape index (κ2) is 7.36. The number of aromatic nitrogens is 2. The van der Waals surface area contributed by atoms with E-state index in [0.29, 0.717) is 35.6 Å². The molecule has 0 saturated heterocycles. The van der Waals surface area contributed by atoms with Crippen molar-refractivity contribution in [2.24, 2.45) is 0 Å². The lowest BCUT2D eigenvalue weighted by molar-refractivity contribution is 0.481. The van der Waals surface area contributed by atoms with Crippen LogP contribution in [0.25, 0.3) is 22.3 Å². The van der Waals surface area contributed by atoms with Gasteiger partial charge in [-0.2, -0.15) is 5.26 Å². The lowest BCUT2D eigenvalue weighted by atomic mass is 10.1. The van der Waals surface area contributed by atoms with Crippen LogP contribution >= 0.6 is 11.3 Å². The molecule has 0 bridgehead atoms. The molecule has 0 fully saturated rings. The molecule has 0 spiro atoms. The van der Waals surface area contributed by atoms with Gasteiger partial charge in [-0.05, 0) is 32.0 Å². The third kappa shape index (κ3) is 3.98. The fourth-order valence-corrected chi connectivity index (χ4v) is 3.27. The highest BCUT2D eigenvalue weighted by molar-refractivity contribution is 7.14. The second-order valence-corrected chi connectivity index (χ2v) is 6.79. The summed E-state index contributed by atoms with van der Waals surface area (Å²) >= 11 is 1.51. The molecule has 3 rings (SSSR count). The fourth-order valence-electron chi connectivity index (χ4n) is 2.42. The Morgan fingerprint density at radius 3 is 2.84 bits per heavy atom. The number of anilines is 2. The Morgan fingerprint density at radius 1 is 1.24 bits per heavy atom. The van der Waals surface area contributed by atoms with Crippen LogP contribution < -0.4 is 10.6 Å². The van der Waals surface area contributed by atoms with Crippen molar-refractivity contribution >= 4 is 33.1 Å². The van der Waals surface area contributed by atoms with E-state index in [1.54, 1.807) is 6.07 Å². The molecular weight excluding hydrogens is 334 g/mol. The second-order valence-electron chi connectivity index (χ2n) is 5.93. The smallest absolute Gasteiger partial charge is 0.183 e. The predicted molar refractivity (Wildman–Crippen MR) is 102 cm³/mol. The number of thiazole rings is 1. The molecule has 0 radical (unpaired) electrons. The highest BCUT2D eigenvalue weighted by atomic mass is 32.1. The lowest BCUT2D eigenvalue weighted by Gasteiger charge is -2.08. The van der Waals surface area contributed by atoms with E-state index in [1.165, 1.54) is 11.3 Å². The van der Waals surface area contributed by atoms with Crippen molar-refractivity contribution in [3.63, 3.8) is 0 Å². The first-order valence-corrected chi connectivity index (χ1v) is 8.92. The minimum absolute atomic E-state index is 0.176. The van der Waals surface area contributed by atoms with Crippen molar-refractivity contribution in [1.29, 1.82) is 5.26 Å². The topological polar surface area (TPSA) is 93.9 Å². The Labute approximate surface area is 150 Å². The molecule has 25 heavy (non-hydrogen) atoms. The van der Waals surface area contributed by atoms with Crippen LogP contribution in [-0.2, 0) is 0 Å². The molecule has 0 atom stereocenters. The molecule has 0 saturated carbocycles. The Hall–Kier alpha value is -2.85. The first-order chi connectivity index (χ1) is 12.1. The molecule has 3 aromatic rings. The summed E-state index contributed by atoms with van der Waals surface area (Å²) in [6.07, 6.45) is 0.432. The van der Waals surface area contributed by atoms with Gasteiger partial charge >= 0.3 is 0 Å². The molecule has 2 heterocycles. The summed E-state index contributed by atoms with van der Waals surface area (Å²) in [5, 5.41) is 28.8. The molecule has 2 aromatic heterocycles. The van der Waals surface area contributed by atoms with Crippen molar-refractivity contribution in [2.75, 3.05) is 17.2 Å². The summed E-state index contributed by atoms with van der Waals surface area (Å²) < 4.78 is 0. The van der Waals surface area contributed by atoms with E-state index in [9.17, 15) is 5.11 Å². The number of rotatable bonds is 6. The Morgan fingerprint density at radius 2 is 2.08 bits per heavy atom. The number of nitriles is 1. The van der Waals surface area contributed by atoms with Crippen LogP contribution in [-0.4, -0.2) is 27.7 Å². The largest absolute Gasteiger partial charge is 0.507 e. The van der Waals surface area contributed by atoms with Crippen LogP contribution in [0.3, 0.4) is 0 Å². The number of pyridine rings is 1. The van der Waals surface area contributed by atoms with Crippen molar-refractivity contribution < 1.29 is 5.11 Å². The van der Waals surface area contributed by atoms with Gasteiger partial charge in [0.1, 0.15) is 11.4 Å². The van der Waals surface area contributed by atoms with Gasteiger partial charge in [0, 0.05) is 35.1 Å². The summed E-state index contributed by atoms with van der Waals surface area (Å²) in [5.41, 5.74) is 2.91. The number of hydrogen-bond donors (Lipinski definition) is 3. The number of nitrogens with one attached hydrogen (secondary N) is 2. The Kier molecular flexibility index (Phi) is 5.00. The molecular formula is C18H19N5OS. The van der Waals surface area contributed by atoms with E-state index in [-0.39, 0.29) is 5.75 Å². The van der Waals surface area contributed by atoms with E-state index in [1.807, 2.05) is 23.6 Å². The zero-order valence-electron chi connectivity index (χ0n) is 14.1. The standard InChI is InChI=1S/C18H19N5OS/c1-11(2)21-18-23-16(10-25-18)15-9-17(24)13-5-4-12(8-14(13)22-15)20-7-3-6-19/h4-5,8-11,20H,3,7H2,1-2H3,(H,21,23)(H,22,24). The number of hydrogen-bond acceptors (Lipinski definition) is 7. The van der Waals surface area contributed by atoms with Crippen LogP contribution in [0.1, 0.15) is 20.3 Å². The highest BCUT2D eigenvalue weighted by Gasteiger charge is 2.11. The van der Waals surface area contributed by atoms with Crippen molar-refractivity contribution in [3.8, 4) is 23.2 Å². The monoisotopic (exact) mass is 353 g/mol. The lowest BCUT2D eigenvalue weighted by Crippen LogP contribution is -2.09. The minimum Gasteiger partial charge on any atom is -0.507 e. The molecule has 6 nitrogen and oxygen atoms in total. The number of benzene rings is 1. The van der Waals surface area contributed by atoms with Gasteiger partial charge in [-0.1, -0.05) is 0 Å². The van der Waals surface area contributed by atoms with E-state index in [4.69, 9.17) is 5.26 Å². The molecule has 1 aromatic carbocycles. The minimum atomic E-state index is 0.176. The van der Waals surface area contributed by atoms with Crippen LogP contribution in [0.4, 0.5) is 10.8 Å². The van der Waals surface area contributed by atoms with Gasteiger partial charge in [0.25, 0.3) is 0 Å². The molecule has 0 unspecified atom stereocenters. The molecule has 3 N–H and O–H groups in total. The van der Waals surface area contributed by atoms with Crippen LogP contribution in [0.2, 0.25) is 0 Å². The SMILES string of the molecule is CC(C)Nc1nc(-c2cc(O)c3ccc(NCCC#N)cc3n2)cs1. The molecule has 0 aliphatic heterocycles. The molecule has 0 aliphatic rings. The van der Waals surface area contributed by atoms with E-state index in [2.05, 4.69) is 40.5 Å².